The van der Waals surface area contributed by atoms with Gasteiger partial charge in [0.25, 0.3) is 0 Å². The number of nitrogens with zero attached hydrogens (tertiary/aromatic N) is 2. The highest BCUT2D eigenvalue weighted by Crippen LogP contribution is 2.26. The molecule has 1 fully saturated rings. The van der Waals surface area contributed by atoms with Crippen LogP contribution >= 0.6 is 34.5 Å². The number of thiophene rings is 1. The van der Waals surface area contributed by atoms with E-state index in [0.717, 1.165) is 10.4 Å². The molecular formula is C19H21Cl2N3O2S. The molecule has 1 aromatic heterocycles. The molecule has 0 radical (unpaired) electrons. The van der Waals surface area contributed by atoms with Crippen LogP contribution in [-0.4, -0.2) is 47.9 Å². The number of urea groups is 1. The van der Waals surface area contributed by atoms with E-state index in [1.165, 1.54) is 11.3 Å². The molecule has 1 aromatic carbocycles. The number of benzene rings is 1. The third-order valence-electron chi connectivity index (χ3n) is 4.58. The van der Waals surface area contributed by atoms with Crippen molar-refractivity contribution < 1.29 is 9.59 Å². The second-order valence-corrected chi connectivity index (χ2v) is 8.60. The molecule has 3 rings (SSSR count). The average Bonchev–Trinajstić information content (AvgIpc) is 3.10. The molecular weight excluding hydrogens is 405 g/mol. The summed E-state index contributed by atoms with van der Waals surface area (Å²) >= 11 is 13.5. The number of halogens is 2. The van der Waals surface area contributed by atoms with Crippen molar-refractivity contribution in [3.05, 3.63) is 56.2 Å². The van der Waals surface area contributed by atoms with Crippen molar-refractivity contribution >= 4 is 46.5 Å². The van der Waals surface area contributed by atoms with E-state index in [0.29, 0.717) is 35.5 Å². The largest absolute Gasteiger partial charge is 0.339 e. The molecule has 1 saturated heterocycles. The van der Waals surface area contributed by atoms with E-state index >= 15 is 0 Å². The van der Waals surface area contributed by atoms with Crippen LogP contribution in [0.25, 0.3) is 0 Å². The summed E-state index contributed by atoms with van der Waals surface area (Å²) in [6, 6.07) is 10.9. The van der Waals surface area contributed by atoms with Crippen LogP contribution in [0.5, 0.6) is 0 Å². The molecule has 1 atom stereocenters. The third kappa shape index (κ3) is 5.15. The molecule has 1 N–H and O–H groups in total. The van der Waals surface area contributed by atoms with Crippen molar-refractivity contribution in [1.82, 2.24) is 15.1 Å². The maximum atomic E-state index is 12.5. The highest BCUT2D eigenvalue weighted by atomic mass is 35.5. The molecule has 2 aromatic rings. The summed E-state index contributed by atoms with van der Waals surface area (Å²) in [6.45, 7) is 4.01. The van der Waals surface area contributed by atoms with E-state index < -0.39 is 0 Å². The predicted octanol–water partition coefficient (Wildman–Crippen LogP) is 4.21. The first-order valence-corrected chi connectivity index (χ1v) is 10.3. The van der Waals surface area contributed by atoms with Crippen LogP contribution in [0.2, 0.25) is 9.36 Å². The van der Waals surface area contributed by atoms with Gasteiger partial charge in [0, 0.05) is 36.1 Å². The fourth-order valence-electron chi connectivity index (χ4n) is 2.98. The van der Waals surface area contributed by atoms with E-state index in [4.69, 9.17) is 23.2 Å². The van der Waals surface area contributed by atoms with Gasteiger partial charge in [0.15, 0.2) is 0 Å². The number of hydrogen-bond donors (Lipinski definition) is 1. The van der Waals surface area contributed by atoms with Gasteiger partial charge in [0.05, 0.1) is 16.8 Å². The van der Waals surface area contributed by atoms with E-state index in [-0.39, 0.29) is 24.4 Å². The monoisotopic (exact) mass is 425 g/mol. The molecule has 27 heavy (non-hydrogen) atoms. The molecule has 0 aliphatic carbocycles. The summed E-state index contributed by atoms with van der Waals surface area (Å²) in [6.07, 6.45) is 0.280. The SMILES string of the molecule is CC(NC(=O)N1CCN(C(=O)Cc2ccccc2Cl)CC1)c1ccc(Cl)s1. The maximum Gasteiger partial charge on any atom is 0.318 e. The van der Waals surface area contributed by atoms with Gasteiger partial charge in [-0.1, -0.05) is 41.4 Å². The lowest BCUT2D eigenvalue weighted by Gasteiger charge is -2.35. The molecule has 1 unspecified atom stereocenters. The van der Waals surface area contributed by atoms with Gasteiger partial charge in [0.2, 0.25) is 5.91 Å². The van der Waals surface area contributed by atoms with Gasteiger partial charge >= 0.3 is 6.03 Å². The fraction of sp³-hybridized carbons (Fsp3) is 0.368. The molecule has 0 saturated carbocycles. The van der Waals surface area contributed by atoms with Crippen LogP contribution < -0.4 is 5.32 Å². The van der Waals surface area contributed by atoms with Crippen LogP contribution in [-0.2, 0) is 11.2 Å². The molecule has 0 spiro atoms. The Hall–Kier alpha value is -1.76. The summed E-state index contributed by atoms with van der Waals surface area (Å²) in [7, 11) is 0. The molecule has 5 nitrogen and oxygen atoms in total. The van der Waals surface area contributed by atoms with Gasteiger partial charge in [0.1, 0.15) is 0 Å². The fourth-order valence-corrected chi connectivity index (χ4v) is 4.25. The number of hydrogen-bond acceptors (Lipinski definition) is 3. The second-order valence-electron chi connectivity index (χ2n) is 6.45. The molecule has 8 heteroatoms. The summed E-state index contributed by atoms with van der Waals surface area (Å²) in [5, 5.41) is 3.59. The van der Waals surface area contributed by atoms with E-state index in [1.807, 2.05) is 37.3 Å². The summed E-state index contributed by atoms with van der Waals surface area (Å²) in [5.74, 6) is 0.0322. The van der Waals surface area contributed by atoms with Gasteiger partial charge in [-0.2, -0.15) is 0 Å². The Bertz CT molecular complexity index is 819. The van der Waals surface area contributed by atoms with Gasteiger partial charge in [-0.3, -0.25) is 4.79 Å². The third-order valence-corrected chi connectivity index (χ3v) is 6.36. The van der Waals surface area contributed by atoms with Gasteiger partial charge in [-0.25, -0.2) is 4.79 Å². The van der Waals surface area contributed by atoms with E-state index in [9.17, 15) is 9.59 Å². The minimum absolute atomic E-state index is 0.0322. The molecule has 3 amide bonds. The standard InChI is InChI=1S/C19H21Cl2N3O2S/c1-13(16-6-7-17(21)27-16)22-19(26)24-10-8-23(9-11-24)18(25)12-14-4-2-3-5-15(14)20/h2-7,13H,8-12H2,1H3,(H,22,26). The van der Waals surface area contributed by atoms with Gasteiger partial charge in [-0.05, 0) is 30.7 Å². The Morgan fingerprint density at radius 3 is 2.37 bits per heavy atom. The zero-order valence-electron chi connectivity index (χ0n) is 15.0. The van der Waals surface area contributed by atoms with Crippen LogP contribution in [0.3, 0.4) is 0 Å². The highest BCUT2D eigenvalue weighted by Gasteiger charge is 2.25. The minimum atomic E-state index is -0.120. The molecule has 144 valence electrons. The molecule has 1 aliphatic rings. The topological polar surface area (TPSA) is 52.7 Å². The van der Waals surface area contributed by atoms with Crippen LogP contribution in [0.4, 0.5) is 4.79 Å². The number of amides is 3. The normalized spacial score (nSPS) is 15.5. The van der Waals surface area contributed by atoms with Crippen molar-refractivity contribution in [1.29, 1.82) is 0 Å². The highest BCUT2D eigenvalue weighted by molar-refractivity contribution is 7.16. The first kappa shape index (κ1) is 20.0. The number of carbonyl (C=O) groups excluding carboxylic acids is 2. The second kappa shape index (κ2) is 8.95. The Morgan fingerprint density at radius 1 is 1.07 bits per heavy atom. The van der Waals surface area contributed by atoms with Crippen molar-refractivity contribution in [3.8, 4) is 0 Å². The lowest BCUT2D eigenvalue weighted by Crippen LogP contribution is -2.53. The first-order chi connectivity index (χ1) is 12.9. The Labute approximate surface area is 172 Å². The Morgan fingerprint density at radius 2 is 1.74 bits per heavy atom. The lowest BCUT2D eigenvalue weighted by molar-refractivity contribution is -0.131. The zero-order valence-corrected chi connectivity index (χ0v) is 17.3. The number of rotatable bonds is 4. The van der Waals surface area contributed by atoms with Crippen molar-refractivity contribution in [2.75, 3.05) is 26.2 Å². The minimum Gasteiger partial charge on any atom is -0.339 e. The summed E-state index contributed by atoms with van der Waals surface area (Å²) in [4.78, 5) is 29.5. The first-order valence-electron chi connectivity index (χ1n) is 8.76. The summed E-state index contributed by atoms with van der Waals surface area (Å²) in [5.41, 5.74) is 0.827. The van der Waals surface area contributed by atoms with Gasteiger partial charge in [-0.15, -0.1) is 11.3 Å². The summed E-state index contributed by atoms with van der Waals surface area (Å²) < 4.78 is 0.705. The Kier molecular flexibility index (Phi) is 6.63. The van der Waals surface area contributed by atoms with E-state index in [1.54, 1.807) is 15.9 Å². The predicted molar refractivity (Wildman–Crippen MR) is 110 cm³/mol. The maximum absolute atomic E-state index is 12.5. The Balaban J connectivity index is 1.48. The van der Waals surface area contributed by atoms with Crippen LogP contribution in [0.15, 0.2) is 36.4 Å². The van der Waals surface area contributed by atoms with Gasteiger partial charge < -0.3 is 15.1 Å². The smallest absolute Gasteiger partial charge is 0.318 e. The lowest BCUT2D eigenvalue weighted by atomic mass is 10.1. The molecule has 2 heterocycles. The van der Waals surface area contributed by atoms with Crippen molar-refractivity contribution in [3.63, 3.8) is 0 Å². The van der Waals surface area contributed by atoms with Crippen molar-refractivity contribution in [2.24, 2.45) is 0 Å². The van der Waals surface area contributed by atoms with Crippen molar-refractivity contribution in [2.45, 2.75) is 19.4 Å². The quantitative estimate of drug-likeness (QED) is 0.797. The number of carbonyl (C=O) groups is 2. The molecule has 0 bridgehead atoms. The number of piperazine rings is 1. The average molecular weight is 426 g/mol. The zero-order chi connectivity index (χ0) is 19.4. The number of nitrogens with one attached hydrogen (secondary N) is 1. The van der Waals surface area contributed by atoms with Crippen LogP contribution in [0.1, 0.15) is 23.4 Å². The van der Waals surface area contributed by atoms with E-state index in [2.05, 4.69) is 5.32 Å². The molecule has 1 aliphatic heterocycles. The van der Waals surface area contributed by atoms with Crippen LogP contribution in [0, 0.1) is 0 Å².